The van der Waals surface area contributed by atoms with Crippen LogP contribution in [0.1, 0.15) is 40.2 Å². The molecule has 0 radical (unpaired) electrons. The topological polar surface area (TPSA) is 153 Å². The number of sulfonamides is 1. The van der Waals surface area contributed by atoms with Crippen LogP contribution < -0.4 is 10.1 Å². The number of ether oxygens (including phenoxy) is 5. The van der Waals surface area contributed by atoms with Gasteiger partial charge in [0.25, 0.3) is 0 Å². The van der Waals surface area contributed by atoms with Gasteiger partial charge in [-0.1, -0.05) is 44.2 Å². The second kappa shape index (κ2) is 18.4. The van der Waals surface area contributed by atoms with Gasteiger partial charge in [-0.25, -0.2) is 18.0 Å². The van der Waals surface area contributed by atoms with E-state index in [1.165, 1.54) is 28.4 Å². The maximum Gasteiger partial charge on any atom is 0.410 e. The van der Waals surface area contributed by atoms with Crippen molar-refractivity contribution in [3.8, 4) is 5.75 Å². The van der Waals surface area contributed by atoms with E-state index in [2.05, 4.69) is 5.32 Å². The first-order valence-electron chi connectivity index (χ1n) is 16.1. The molecule has 268 valence electrons. The van der Waals surface area contributed by atoms with Gasteiger partial charge in [-0.15, -0.1) is 0 Å². The zero-order valence-electron chi connectivity index (χ0n) is 28.8. The Balaban J connectivity index is 1.70. The highest BCUT2D eigenvalue weighted by Crippen LogP contribution is 2.22. The molecule has 14 heteroatoms. The summed E-state index contributed by atoms with van der Waals surface area (Å²) in [5.41, 5.74) is 0.194. The first-order chi connectivity index (χ1) is 22.7. The predicted octanol–water partition coefficient (Wildman–Crippen LogP) is 3.69. The third kappa shape index (κ3) is 12.9. The highest BCUT2D eigenvalue weighted by Gasteiger charge is 2.32. The Bertz CT molecular complexity index is 1370. The predicted molar refractivity (Wildman–Crippen MR) is 179 cm³/mol. The van der Waals surface area contributed by atoms with E-state index in [1.807, 2.05) is 44.2 Å². The lowest BCUT2D eigenvalue weighted by atomic mass is 10.0. The van der Waals surface area contributed by atoms with Crippen molar-refractivity contribution < 1.29 is 46.8 Å². The molecular formula is C34H51N3O10S. The minimum Gasteiger partial charge on any atom is -0.497 e. The summed E-state index contributed by atoms with van der Waals surface area (Å²) < 4.78 is 56.3. The van der Waals surface area contributed by atoms with Crippen LogP contribution in [0.2, 0.25) is 0 Å². The monoisotopic (exact) mass is 693 g/mol. The van der Waals surface area contributed by atoms with E-state index in [0.717, 1.165) is 5.56 Å². The number of methoxy groups -OCH3 is 1. The average Bonchev–Trinajstić information content (AvgIpc) is 3.02. The first kappa shape index (κ1) is 39.0. The van der Waals surface area contributed by atoms with Crippen molar-refractivity contribution >= 4 is 22.2 Å². The van der Waals surface area contributed by atoms with Gasteiger partial charge in [-0.3, -0.25) is 0 Å². The second-order valence-corrected chi connectivity index (χ2v) is 15.0. The number of aliphatic hydroxyl groups is 1. The Morgan fingerprint density at radius 3 is 2.15 bits per heavy atom. The van der Waals surface area contributed by atoms with Gasteiger partial charge >= 0.3 is 12.2 Å². The number of amides is 2. The number of hydrogen-bond donors (Lipinski definition) is 2. The minimum atomic E-state index is -4.00. The number of benzene rings is 2. The minimum absolute atomic E-state index is 0.0176. The van der Waals surface area contributed by atoms with Crippen molar-refractivity contribution in [2.24, 2.45) is 5.92 Å². The van der Waals surface area contributed by atoms with Crippen LogP contribution in [0.4, 0.5) is 9.59 Å². The van der Waals surface area contributed by atoms with E-state index in [4.69, 9.17) is 23.7 Å². The Morgan fingerprint density at radius 1 is 1.00 bits per heavy atom. The average molecular weight is 694 g/mol. The summed E-state index contributed by atoms with van der Waals surface area (Å²) in [5.74, 6) is 0.476. The summed E-state index contributed by atoms with van der Waals surface area (Å²) in [4.78, 5) is 27.3. The van der Waals surface area contributed by atoms with Crippen molar-refractivity contribution in [1.82, 2.24) is 14.5 Å². The van der Waals surface area contributed by atoms with Crippen molar-refractivity contribution in [2.45, 2.75) is 69.8 Å². The highest BCUT2D eigenvalue weighted by molar-refractivity contribution is 7.89. The van der Waals surface area contributed by atoms with Crippen LogP contribution in [0, 0.1) is 5.92 Å². The molecular weight excluding hydrogens is 642 g/mol. The molecule has 1 heterocycles. The number of carbonyl (C=O) groups is 2. The SMILES string of the molecule is COc1ccc(S(=O)(=O)N(CC(C)C)C[C@@H](O)[C@H](Cc2ccccc2)NC(=O)OC2COCCN(C(=O)OC(C)(C)C)CCOC2)cc1. The summed E-state index contributed by atoms with van der Waals surface area (Å²) in [5, 5.41) is 14.3. The van der Waals surface area contributed by atoms with E-state index < -0.39 is 46.1 Å². The molecule has 1 aliphatic heterocycles. The summed E-state index contributed by atoms with van der Waals surface area (Å²) in [6.45, 7) is 10.0. The van der Waals surface area contributed by atoms with Gasteiger partial charge < -0.3 is 39.0 Å². The Morgan fingerprint density at radius 2 is 1.60 bits per heavy atom. The summed E-state index contributed by atoms with van der Waals surface area (Å²) in [6.07, 6.45) is -3.12. The first-order valence-corrected chi connectivity index (χ1v) is 17.6. The van der Waals surface area contributed by atoms with E-state index in [-0.39, 0.29) is 69.8 Å². The molecule has 2 N–H and O–H groups in total. The lowest BCUT2D eigenvalue weighted by Crippen LogP contribution is -2.52. The van der Waals surface area contributed by atoms with Crippen molar-refractivity contribution in [2.75, 3.05) is 59.7 Å². The molecule has 48 heavy (non-hydrogen) atoms. The molecule has 13 nitrogen and oxygen atoms in total. The third-order valence-electron chi connectivity index (χ3n) is 7.27. The molecule has 1 fully saturated rings. The van der Waals surface area contributed by atoms with Crippen LogP contribution in [-0.4, -0.2) is 118 Å². The van der Waals surface area contributed by atoms with Gasteiger partial charge in [0.15, 0.2) is 6.10 Å². The van der Waals surface area contributed by atoms with Gasteiger partial charge in [0, 0.05) is 26.2 Å². The molecule has 0 aliphatic carbocycles. The smallest absolute Gasteiger partial charge is 0.410 e. The number of alkyl carbamates (subject to hydrolysis) is 1. The van der Waals surface area contributed by atoms with E-state index in [9.17, 15) is 23.1 Å². The number of aliphatic hydroxyl groups excluding tert-OH is 1. The van der Waals surface area contributed by atoms with Crippen LogP contribution in [0.25, 0.3) is 0 Å². The number of hydrogen-bond acceptors (Lipinski definition) is 10. The molecule has 1 aliphatic rings. The van der Waals surface area contributed by atoms with Gasteiger partial charge in [-0.05, 0) is 62.9 Å². The normalized spacial score (nSPS) is 16.6. The largest absolute Gasteiger partial charge is 0.497 e. The number of carbonyl (C=O) groups excluding carboxylic acids is 2. The molecule has 2 aromatic carbocycles. The second-order valence-electron chi connectivity index (χ2n) is 13.0. The molecule has 2 atom stereocenters. The molecule has 2 amide bonds. The molecule has 0 unspecified atom stereocenters. The van der Waals surface area contributed by atoms with Crippen molar-refractivity contribution in [1.29, 1.82) is 0 Å². The van der Waals surface area contributed by atoms with Crippen molar-refractivity contribution in [3.63, 3.8) is 0 Å². The van der Waals surface area contributed by atoms with E-state index in [1.54, 1.807) is 32.9 Å². The lowest BCUT2D eigenvalue weighted by Gasteiger charge is -2.31. The summed E-state index contributed by atoms with van der Waals surface area (Å²) in [6, 6.07) is 14.4. The fraction of sp³-hybridized carbons (Fsp3) is 0.588. The highest BCUT2D eigenvalue weighted by atomic mass is 32.2. The Hall–Kier alpha value is -3.43. The standard InChI is InChI=1S/C34H51N3O10S/c1-25(2)21-37(48(41,42)29-14-12-27(43-6)13-15-29)22-31(38)30(20-26-10-8-7-9-11-26)35-32(39)46-28-23-44-18-16-36(17-19-45-24-28)33(40)47-34(3,4)5/h7-15,25,28,30-31,38H,16-24H2,1-6H3,(H,35,39)/t30-,31+/m0/s1. The quantitative estimate of drug-likeness (QED) is 0.337. The Kier molecular flexibility index (Phi) is 14.9. The van der Waals surface area contributed by atoms with Crippen LogP contribution in [0.15, 0.2) is 59.5 Å². The van der Waals surface area contributed by atoms with Crippen molar-refractivity contribution in [3.05, 3.63) is 60.2 Å². The molecule has 0 aromatic heterocycles. The maximum absolute atomic E-state index is 13.7. The summed E-state index contributed by atoms with van der Waals surface area (Å²) >= 11 is 0. The third-order valence-corrected chi connectivity index (χ3v) is 9.11. The number of nitrogens with zero attached hydrogens (tertiary/aromatic N) is 2. The van der Waals surface area contributed by atoms with Gasteiger partial charge in [0.1, 0.15) is 11.4 Å². The van der Waals surface area contributed by atoms with Crippen LogP contribution in [-0.2, 0) is 35.4 Å². The van der Waals surface area contributed by atoms with Gasteiger partial charge in [-0.2, -0.15) is 4.31 Å². The van der Waals surface area contributed by atoms with Crippen LogP contribution in [0.3, 0.4) is 0 Å². The van der Waals surface area contributed by atoms with Crippen LogP contribution in [0.5, 0.6) is 5.75 Å². The van der Waals surface area contributed by atoms with Gasteiger partial charge in [0.2, 0.25) is 10.0 Å². The van der Waals surface area contributed by atoms with E-state index in [0.29, 0.717) is 5.75 Å². The molecule has 1 saturated heterocycles. The molecule has 0 bridgehead atoms. The molecule has 3 rings (SSSR count). The fourth-order valence-electron chi connectivity index (χ4n) is 4.91. The maximum atomic E-state index is 13.7. The molecule has 2 aromatic rings. The zero-order chi connectivity index (χ0) is 35.3. The number of nitrogens with one attached hydrogen (secondary N) is 1. The fourth-order valence-corrected chi connectivity index (χ4v) is 6.54. The Labute approximate surface area is 284 Å². The van der Waals surface area contributed by atoms with Crippen LogP contribution >= 0.6 is 0 Å². The lowest BCUT2D eigenvalue weighted by molar-refractivity contribution is -0.0495. The van der Waals surface area contributed by atoms with E-state index >= 15 is 0 Å². The zero-order valence-corrected chi connectivity index (χ0v) is 29.6. The molecule has 0 spiro atoms. The number of rotatable bonds is 12. The summed E-state index contributed by atoms with van der Waals surface area (Å²) in [7, 11) is -2.50. The molecule has 0 saturated carbocycles. The van der Waals surface area contributed by atoms with Gasteiger partial charge in [0.05, 0.1) is 50.6 Å².